The van der Waals surface area contributed by atoms with Crippen molar-refractivity contribution in [2.24, 2.45) is 5.92 Å². The summed E-state index contributed by atoms with van der Waals surface area (Å²) in [4.78, 5) is 15.5. The lowest BCUT2D eigenvalue weighted by Gasteiger charge is -2.27. The van der Waals surface area contributed by atoms with Crippen LogP contribution in [0.3, 0.4) is 0 Å². The lowest BCUT2D eigenvalue weighted by Crippen LogP contribution is -3.11. The van der Waals surface area contributed by atoms with Gasteiger partial charge in [-0.25, -0.2) is 0 Å². The maximum absolute atomic E-state index is 12.5. The van der Waals surface area contributed by atoms with E-state index in [2.05, 4.69) is 25.2 Å². The third kappa shape index (κ3) is 4.25. The van der Waals surface area contributed by atoms with E-state index in [0.717, 1.165) is 23.9 Å². The molecule has 2 aromatic rings. The van der Waals surface area contributed by atoms with Crippen LogP contribution in [0.5, 0.6) is 0 Å². The van der Waals surface area contributed by atoms with Crippen LogP contribution in [0.2, 0.25) is 0 Å². The highest BCUT2D eigenvalue weighted by Crippen LogP contribution is 2.29. The number of aryl methyl sites for hydroxylation is 1. The fraction of sp³-hybridized carbons (Fsp3) is 0.450. The molecule has 24 heavy (non-hydrogen) atoms. The second-order valence-corrected chi connectivity index (χ2v) is 7.99. The summed E-state index contributed by atoms with van der Waals surface area (Å²) in [7, 11) is 0. The van der Waals surface area contributed by atoms with Crippen molar-refractivity contribution >= 4 is 22.2 Å². The van der Waals surface area contributed by atoms with Gasteiger partial charge in [0.1, 0.15) is 11.5 Å². The van der Waals surface area contributed by atoms with E-state index < -0.39 is 0 Å². The van der Waals surface area contributed by atoms with E-state index in [0.29, 0.717) is 5.56 Å². The van der Waals surface area contributed by atoms with Crippen LogP contribution in [0, 0.1) is 5.92 Å². The van der Waals surface area contributed by atoms with Crippen LogP contribution >= 0.6 is 11.3 Å². The lowest BCUT2D eigenvalue weighted by molar-refractivity contribution is -0.919. The molecule has 0 bridgehead atoms. The zero-order valence-electron chi connectivity index (χ0n) is 14.6. The lowest BCUT2D eigenvalue weighted by atomic mass is 9.99. The Morgan fingerprint density at radius 2 is 1.96 bits per heavy atom. The van der Waals surface area contributed by atoms with Gasteiger partial charge in [0.2, 0.25) is 0 Å². The number of likely N-dealkylation sites (tertiary alicyclic amines) is 1. The third-order valence-corrected chi connectivity index (χ3v) is 6.13. The molecular weight excluding hydrogens is 316 g/mol. The number of carbonyl (C=O) groups is 1. The topological polar surface area (TPSA) is 33.5 Å². The number of piperidine rings is 1. The molecule has 0 unspecified atom stereocenters. The zero-order valence-corrected chi connectivity index (χ0v) is 15.4. The van der Waals surface area contributed by atoms with Gasteiger partial charge in [-0.3, -0.25) is 4.79 Å². The average Bonchev–Trinajstić information content (AvgIpc) is 2.99. The van der Waals surface area contributed by atoms with Gasteiger partial charge in [0.15, 0.2) is 0 Å². The predicted molar refractivity (Wildman–Crippen MR) is 101 cm³/mol. The van der Waals surface area contributed by atoms with Gasteiger partial charge in [-0.2, -0.15) is 0 Å². The molecule has 0 spiro atoms. The number of nitrogens with one attached hydrogen (secondary N) is 2. The minimum Gasteiger partial charge on any atom is -0.331 e. The fourth-order valence-electron chi connectivity index (χ4n) is 3.28. The van der Waals surface area contributed by atoms with E-state index in [-0.39, 0.29) is 5.91 Å². The second kappa shape index (κ2) is 7.95. The van der Waals surface area contributed by atoms with E-state index in [1.165, 1.54) is 36.4 Å². The smallest absolute Gasteiger partial charge is 0.256 e. The fourth-order valence-corrected chi connectivity index (χ4v) is 4.29. The van der Waals surface area contributed by atoms with Gasteiger partial charge in [-0.15, -0.1) is 11.3 Å². The summed E-state index contributed by atoms with van der Waals surface area (Å²) in [6.45, 7) is 8.03. The molecule has 2 heterocycles. The first-order valence-electron chi connectivity index (χ1n) is 8.97. The number of benzene rings is 1. The summed E-state index contributed by atoms with van der Waals surface area (Å²) in [6, 6.07) is 11.8. The van der Waals surface area contributed by atoms with Crippen molar-refractivity contribution in [3.8, 4) is 0 Å². The average molecular weight is 344 g/mol. The van der Waals surface area contributed by atoms with E-state index in [1.54, 1.807) is 16.2 Å². The Kier molecular flexibility index (Phi) is 5.69. The Bertz CT molecular complexity index is 672. The van der Waals surface area contributed by atoms with Crippen LogP contribution in [0.25, 0.3) is 0 Å². The van der Waals surface area contributed by atoms with Crippen LogP contribution in [-0.2, 0) is 13.0 Å². The maximum atomic E-state index is 12.5. The number of quaternary nitrogens is 1. The third-order valence-electron chi connectivity index (χ3n) is 4.89. The Balaban J connectivity index is 1.72. The molecular formula is C20H27N2OS+. The number of hydrogen-bond acceptors (Lipinski definition) is 2. The SMILES string of the molecule is CCc1cc(C[NH+]2CCC(C)CC2)c(NC(=O)c2ccccc2)s1. The molecule has 1 amide bonds. The molecule has 0 radical (unpaired) electrons. The number of carbonyl (C=O) groups excluding carboxylic acids is 1. The predicted octanol–water partition coefficient (Wildman–Crippen LogP) is 3.38. The largest absolute Gasteiger partial charge is 0.331 e. The van der Waals surface area contributed by atoms with Gasteiger partial charge >= 0.3 is 0 Å². The van der Waals surface area contributed by atoms with Gasteiger partial charge in [-0.1, -0.05) is 32.0 Å². The molecule has 3 rings (SSSR count). The summed E-state index contributed by atoms with van der Waals surface area (Å²) in [5.41, 5.74) is 2.01. The molecule has 1 aromatic heterocycles. The maximum Gasteiger partial charge on any atom is 0.256 e. The first kappa shape index (κ1) is 17.2. The molecule has 3 nitrogen and oxygen atoms in total. The van der Waals surface area contributed by atoms with Gasteiger partial charge < -0.3 is 10.2 Å². The normalized spacial score (nSPS) is 20.8. The first-order valence-corrected chi connectivity index (χ1v) is 9.79. The van der Waals surface area contributed by atoms with Gasteiger partial charge in [0.25, 0.3) is 5.91 Å². The van der Waals surface area contributed by atoms with E-state index >= 15 is 0 Å². The molecule has 128 valence electrons. The highest BCUT2D eigenvalue weighted by molar-refractivity contribution is 7.16. The minimum atomic E-state index is -0.0105. The monoisotopic (exact) mass is 343 g/mol. The molecule has 1 saturated heterocycles. The highest BCUT2D eigenvalue weighted by Gasteiger charge is 2.22. The number of amides is 1. The summed E-state index contributed by atoms with van der Waals surface area (Å²) in [5, 5.41) is 4.18. The van der Waals surface area contributed by atoms with Crippen molar-refractivity contribution in [1.29, 1.82) is 0 Å². The molecule has 2 N–H and O–H groups in total. The molecule has 1 aliphatic rings. The highest BCUT2D eigenvalue weighted by atomic mass is 32.1. The van der Waals surface area contributed by atoms with Gasteiger partial charge in [0.05, 0.1) is 13.1 Å². The molecule has 4 heteroatoms. The Labute approximate surface area is 148 Å². The molecule has 0 saturated carbocycles. The van der Waals surface area contributed by atoms with Gasteiger partial charge in [-0.05, 0) is 43.4 Å². The van der Waals surface area contributed by atoms with E-state index in [4.69, 9.17) is 0 Å². The Morgan fingerprint density at radius 3 is 2.62 bits per heavy atom. The van der Waals surface area contributed by atoms with Crippen molar-refractivity contribution < 1.29 is 9.69 Å². The second-order valence-electron chi connectivity index (χ2n) is 6.85. The van der Waals surface area contributed by atoms with E-state index in [1.807, 2.05) is 30.3 Å². The Morgan fingerprint density at radius 1 is 1.25 bits per heavy atom. The molecule has 1 aromatic carbocycles. The van der Waals surface area contributed by atoms with Gasteiger partial charge in [0, 0.05) is 16.0 Å². The summed E-state index contributed by atoms with van der Waals surface area (Å²) in [5.74, 6) is 0.850. The van der Waals surface area contributed by atoms with Crippen LogP contribution < -0.4 is 10.2 Å². The first-order chi connectivity index (χ1) is 11.7. The quantitative estimate of drug-likeness (QED) is 0.857. The zero-order chi connectivity index (χ0) is 16.9. The summed E-state index contributed by atoms with van der Waals surface area (Å²) in [6.07, 6.45) is 3.64. The standard InChI is InChI=1S/C20H26N2OS/c1-3-18-13-17(14-22-11-9-15(2)10-12-22)20(24-18)21-19(23)16-7-5-4-6-8-16/h4-8,13,15H,3,9-12,14H2,1-2H3,(H,21,23)/p+1. The summed E-state index contributed by atoms with van der Waals surface area (Å²) < 4.78 is 0. The minimum absolute atomic E-state index is 0.0105. The van der Waals surface area contributed by atoms with Crippen LogP contribution in [-0.4, -0.2) is 19.0 Å². The molecule has 1 fully saturated rings. The van der Waals surface area contributed by atoms with Crippen molar-refractivity contribution in [2.75, 3.05) is 18.4 Å². The van der Waals surface area contributed by atoms with Crippen molar-refractivity contribution in [3.63, 3.8) is 0 Å². The Hall–Kier alpha value is -1.65. The van der Waals surface area contributed by atoms with Crippen molar-refractivity contribution in [2.45, 2.75) is 39.7 Å². The number of rotatable bonds is 5. The summed E-state index contributed by atoms with van der Waals surface area (Å²) >= 11 is 1.73. The van der Waals surface area contributed by atoms with Crippen molar-refractivity contribution in [3.05, 3.63) is 52.4 Å². The van der Waals surface area contributed by atoms with Crippen LogP contribution in [0.15, 0.2) is 36.4 Å². The van der Waals surface area contributed by atoms with Crippen molar-refractivity contribution in [1.82, 2.24) is 0 Å². The van der Waals surface area contributed by atoms with Crippen LogP contribution in [0.4, 0.5) is 5.00 Å². The van der Waals surface area contributed by atoms with E-state index in [9.17, 15) is 4.79 Å². The molecule has 0 aliphatic carbocycles. The molecule has 0 atom stereocenters. The number of thiophene rings is 1. The number of anilines is 1. The number of hydrogen-bond donors (Lipinski definition) is 2. The molecule has 1 aliphatic heterocycles. The van der Waals surface area contributed by atoms with Crippen LogP contribution in [0.1, 0.15) is 47.5 Å².